The van der Waals surface area contributed by atoms with E-state index in [4.69, 9.17) is 0 Å². The largest absolute Gasteiger partial charge is 0.351 e. The molecule has 3 rings (SSSR count). The molecule has 0 aromatic carbocycles. The maximum Gasteiger partial charge on any atom is 0.350 e. The van der Waals surface area contributed by atoms with Crippen LogP contribution in [0.15, 0.2) is 52.1 Å². The minimum Gasteiger partial charge on any atom is -0.351 e. The number of pyridine rings is 1. The number of hydrogen-bond donors (Lipinski definition) is 1. The van der Waals surface area contributed by atoms with Gasteiger partial charge in [-0.25, -0.2) is 9.48 Å². The second kappa shape index (κ2) is 6.40. The predicted molar refractivity (Wildman–Crippen MR) is 85.8 cm³/mol. The Hall–Kier alpha value is -2.67. The third kappa shape index (κ3) is 3.15. The third-order valence-electron chi connectivity index (χ3n) is 3.08. The lowest BCUT2D eigenvalue weighted by molar-refractivity contribution is -0.116. The van der Waals surface area contributed by atoms with Crippen LogP contribution in [-0.2, 0) is 11.3 Å². The molecule has 7 heteroatoms. The minimum atomic E-state index is -0.210. The molecule has 0 unspecified atom stereocenters. The van der Waals surface area contributed by atoms with E-state index in [9.17, 15) is 9.59 Å². The molecule has 22 heavy (non-hydrogen) atoms. The van der Waals surface area contributed by atoms with Gasteiger partial charge in [0.2, 0.25) is 5.91 Å². The van der Waals surface area contributed by atoms with E-state index >= 15 is 0 Å². The zero-order valence-electron chi connectivity index (χ0n) is 11.7. The molecule has 1 amide bonds. The molecule has 0 spiro atoms. The molecule has 0 aliphatic rings. The quantitative estimate of drug-likeness (QED) is 0.724. The van der Waals surface area contributed by atoms with Crippen LogP contribution in [0.1, 0.15) is 5.56 Å². The zero-order chi connectivity index (χ0) is 15.4. The summed E-state index contributed by atoms with van der Waals surface area (Å²) in [4.78, 5) is 23.7. The molecule has 6 nitrogen and oxygen atoms in total. The van der Waals surface area contributed by atoms with Crippen LogP contribution >= 0.6 is 11.3 Å². The fraction of sp³-hybridized carbons (Fsp3) is 0.133. The molecule has 3 aromatic rings. The van der Waals surface area contributed by atoms with Crippen molar-refractivity contribution in [2.45, 2.75) is 6.54 Å². The number of carbonyl (C=O) groups excluding carboxylic acids is 1. The van der Waals surface area contributed by atoms with Crippen molar-refractivity contribution in [3.8, 4) is 0 Å². The van der Waals surface area contributed by atoms with Crippen LogP contribution in [0.25, 0.3) is 11.7 Å². The lowest BCUT2D eigenvalue weighted by Crippen LogP contribution is -2.30. The molecule has 0 atom stereocenters. The van der Waals surface area contributed by atoms with Crippen molar-refractivity contribution in [1.82, 2.24) is 19.5 Å². The Labute approximate surface area is 130 Å². The van der Waals surface area contributed by atoms with Gasteiger partial charge in [0.05, 0.1) is 6.54 Å². The number of aromatic nitrogens is 3. The molecule has 112 valence electrons. The molecule has 0 aliphatic heterocycles. The Morgan fingerprint density at radius 3 is 3.05 bits per heavy atom. The van der Waals surface area contributed by atoms with Gasteiger partial charge in [-0.1, -0.05) is 6.07 Å². The van der Waals surface area contributed by atoms with Crippen molar-refractivity contribution < 1.29 is 4.79 Å². The van der Waals surface area contributed by atoms with E-state index in [0.717, 1.165) is 5.56 Å². The monoisotopic (exact) mass is 314 g/mol. The summed E-state index contributed by atoms with van der Waals surface area (Å²) in [5.41, 5.74) is 1.38. The van der Waals surface area contributed by atoms with Gasteiger partial charge in [-0.2, -0.15) is 11.3 Å². The number of carbonyl (C=O) groups is 1. The molecule has 0 aliphatic carbocycles. The number of hydrogen-bond acceptors (Lipinski definition) is 4. The van der Waals surface area contributed by atoms with Crippen LogP contribution in [0.2, 0.25) is 0 Å². The molecule has 0 fully saturated rings. The topological polar surface area (TPSA) is 68.4 Å². The summed E-state index contributed by atoms with van der Waals surface area (Å²) in [6.07, 6.45) is 4.90. The minimum absolute atomic E-state index is 0.192. The zero-order valence-corrected chi connectivity index (χ0v) is 12.5. The number of rotatable bonds is 5. The highest BCUT2D eigenvalue weighted by Gasteiger charge is 2.05. The summed E-state index contributed by atoms with van der Waals surface area (Å²) in [5, 5.41) is 10.8. The molecule has 0 saturated heterocycles. The molecule has 0 saturated carbocycles. The van der Waals surface area contributed by atoms with E-state index in [-0.39, 0.29) is 11.6 Å². The average molecular weight is 314 g/mol. The van der Waals surface area contributed by atoms with Crippen LogP contribution in [0, 0.1) is 0 Å². The Kier molecular flexibility index (Phi) is 4.15. The summed E-state index contributed by atoms with van der Waals surface area (Å²) in [6, 6.07) is 7.30. The number of fused-ring (bicyclic) bond motifs is 1. The first-order valence-corrected chi connectivity index (χ1v) is 7.70. The highest BCUT2D eigenvalue weighted by molar-refractivity contribution is 7.08. The van der Waals surface area contributed by atoms with Crippen LogP contribution in [0.4, 0.5) is 0 Å². The Morgan fingerprint density at radius 2 is 2.27 bits per heavy atom. The lowest BCUT2D eigenvalue weighted by atomic mass is 10.3. The smallest absolute Gasteiger partial charge is 0.350 e. The summed E-state index contributed by atoms with van der Waals surface area (Å²) in [5.74, 6) is -0.192. The second-order valence-electron chi connectivity index (χ2n) is 4.62. The van der Waals surface area contributed by atoms with Crippen molar-refractivity contribution >= 4 is 29.0 Å². The SMILES string of the molecule is O=C(/C=C/c1ccsc1)NCCn1nc2ccccn2c1=O. The van der Waals surface area contributed by atoms with Gasteiger partial charge >= 0.3 is 5.69 Å². The van der Waals surface area contributed by atoms with Crippen molar-refractivity contribution in [2.75, 3.05) is 6.54 Å². The van der Waals surface area contributed by atoms with Crippen molar-refractivity contribution in [1.29, 1.82) is 0 Å². The van der Waals surface area contributed by atoms with E-state index in [1.54, 1.807) is 35.7 Å². The number of thiophene rings is 1. The van der Waals surface area contributed by atoms with Crippen LogP contribution in [-0.4, -0.2) is 26.6 Å². The molecular weight excluding hydrogens is 300 g/mol. The van der Waals surface area contributed by atoms with Crippen LogP contribution < -0.4 is 11.0 Å². The van der Waals surface area contributed by atoms with E-state index in [0.29, 0.717) is 18.7 Å². The third-order valence-corrected chi connectivity index (χ3v) is 3.78. The van der Waals surface area contributed by atoms with Crippen molar-refractivity contribution in [3.63, 3.8) is 0 Å². The van der Waals surface area contributed by atoms with Gasteiger partial charge in [-0.15, -0.1) is 5.10 Å². The van der Waals surface area contributed by atoms with Crippen molar-refractivity contribution in [3.05, 3.63) is 63.3 Å². The van der Waals surface area contributed by atoms with Crippen molar-refractivity contribution in [2.24, 2.45) is 0 Å². The first-order valence-electron chi connectivity index (χ1n) is 6.76. The molecule has 3 heterocycles. The van der Waals surface area contributed by atoms with Gasteiger partial charge in [0, 0.05) is 18.8 Å². The van der Waals surface area contributed by atoms with Gasteiger partial charge in [-0.3, -0.25) is 9.20 Å². The second-order valence-corrected chi connectivity index (χ2v) is 5.40. The predicted octanol–water partition coefficient (Wildman–Crippen LogP) is 1.39. The standard InChI is InChI=1S/C15H14N4O2S/c20-14(5-4-12-6-10-22-11-12)16-7-9-19-15(21)18-8-2-1-3-13(18)17-19/h1-6,8,10-11H,7,9H2,(H,16,20)/b5-4+. The van der Waals surface area contributed by atoms with Gasteiger partial charge in [0.25, 0.3) is 0 Å². The summed E-state index contributed by atoms with van der Waals surface area (Å²) < 4.78 is 2.82. The number of amides is 1. The normalized spacial score (nSPS) is 11.3. The van der Waals surface area contributed by atoms with Gasteiger partial charge < -0.3 is 5.32 Å². The lowest BCUT2D eigenvalue weighted by Gasteiger charge is -2.01. The average Bonchev–Trinajstić information content (AvgIpc) is 3.15. The van der Waals surface area contributed by atoms with Crippen LogP contribution in [0.5, 0.6) is 0 Å². The molecule has 1 N–H and O–H groups in total. The molecule has 0 bridgehead atoms. The van der Waals surface area contributed by atoms with Crippen LogP contribution in [0.3, 0.4) is 0 Å². The summed E-state index contributed by atoms with van der Waals surface area (Å²) in [6.45, 7) is 0.676. The Balaban J connectivity index is 1.57. The van der Waals surface area contributed by atoms with Gasteiger partial charge in [0.1, 0.15) is 0 Å². The summed E-state index contributed by atoms with van der Waals surface area (Å²) in [7, 11) is 0. The molecule has 0 radical (unpaired) electrons. The number of nitrogens with one attached hydrogen (secondary N) is 1. The van der Waals surface area contributed by atoms with E-state index in [2.05, 4.69) is 10.4 Å². The highest BCUT2D eigenvalue weighted by Crippen LogP contribution is 2.07. The first-order chi connectivity index (χ1) is 10.7. The fourth-order valence-corrected chi connectivity index (χ4v) is 2.63. The summed E-state index contributed by atoms with van der Waals surface area (Å²) >= 11 is 1.58. The maximum absolute atomic E-state index is 12.0. The Bertz CT molecular complexity index is 861. The Morgan fingerprint density at radius 1 is 1.36 bits per heavy atom. The fourth-order valence-electron chi connectivity index (χ4n) is 2.00. The maximum atomic E-state index is 12.0. The molecule has 3 aromatic heterocycles. The van der Waals surface area contributed by atoms with Gasteiger partial charge in [0.15, 0.2) is 5.65 Å². The molecular formula is C15H14N4O2S. The first kappa shape index (κ1) is 14.3. The van der Waals surface area contributed by atoms with E-state index < -0.39 is 0 Å². The van der Waals surface area contributed by atoms with E-state index in [1.807, 2.05) is 22.9 Å². The highest BCUT2D eigenvalue weighted by atomic mass is 32.1. The number of nitrogens with zero attached hydrogens (tertiary/aromatic N) is 3. The van der Waals surface area contributed by atoms with E-state index in [1.165, 1.54) is 15.2 Å². The van der Waals surface area contributed by atoms with Gasteiger partial charge in [-0.05, 0) is 40.6 Å².